The first kappa shape index (κ1) is 22.1. The molecule has 1 heterocycles. The molecule has 1 atom stereocenters. The van der Waals surface area contributed by atoms with Crippen LogP contribution in [0.15, 0.2) is 36.7 Å². The first-order valence-electron chi connectivity index (χ1n) is 9.43. The van der Waals surface area contributed by atoms with Gasteiger partial charge in [0.15, 0.2) is 0 Å². The Morgan fingerprint density at radius 2 is 1.83 bits per heavy atom. The first-order chi connectivity index (χ1) is 13.8. The van der Waals surface area contributed by atoms with Crippen LogP contribution in [0, 0.1) is 0 Å². The maximum Gasteiger partial charge on any atom is 0.338 e. The van der Waals surface area contributed by atoms with Crippen LogP contribution in [0.3, 0.4) is 0 Å². The van der Waals surface area contributed by atoms with E-state index in [1.54, 1.807) is 31.2 Å². The number of nitrogens with one attached hydrogen (secondary N) is 1. The largest absolute Gasteiger partial charge is 0.478 e. The maximum absolute atomic E-state index is 12.4. The first-order valence-corrected chi connectivity index (χ1v) is 9.43. The Morgan fingerprint density at radius 1 is 1.17 bits per heavy atom. The van der Waals surface area contributed by atoms with Gasteiger partial charge < -0.3 is 20.1 Å². The van der Waals surface area contributed by atoms with Crippen molar-refractivity contribution in [1.29, 1.82) is 0 Å². The zero-order valence-corrected chi connectivity index (χ0v) is 16.8. The number of carboxylic acid groups (broad SMARTS) is 1. The number of carbonyl (C=O) groups excluding carboxylic acids is 2. The predicted molar refractivity (Wildman–Crippen MR) is 107 cm³/mol. The highest BCUT2D eigenvalue weighted by Gasteiger charge is 2.18. The van der Waals surface area contributed by atoms with Crippen LogP contribution >= 0.6 is 0 Å². The van der Waals surface area contributed by atoms with Crippen molar-refractivity contribution >= 4 is 23.5 Å². The Bertz CT molecular complexity index is 843. The maximum atomic E-state index is 12.4. The summed E-state index contributed by atoms with van der Waals surface area (Å²) in [6.45, 7) is 8.51. The molecule has 2 aromatic rings. The van der Waals surface area contributed by atoms with Crippen molar-refractivity contribution in [3.8, 4) is 0 Å². The van der Waals surface area contributed by atoms with Gasteiger partial charge >= 0.3 is 11.9 Å². The number of likely N-dealkylation sites (N-methyl/N-ethyl adjacent to an activating group) is 1. The summed E-state index contributed by atoms with van der Waals surface area (Å²) < 4.78 is 6.55. The average molecular weight is 402 g/mol. The number of ether oxygens (including phenoxy) is 1. The van der Waals surface area contributed by atoms with E-state index in [1.165, 1.54) is 17.1 Å². The fraction of sp³-hybridized carbons (Fsp3) is 0.400. The fourth-order valence-electron chi connectivity index (χ4n) is 2.61. The number of benzene rings is 1. The van der Waals surface area contributed by atoms with E-state index in [4.69, 9.17) is 9.84 Å². The number of amides is 1. The normalized spacial score (nSPS) is 11.9. The molecule has 9 heteroatoms. The van der Waals surface area contributed by atoms with Crippen molar-refractivity contribution in [2.75, 3.05) is 31.6 Å². The van der Waals surface area contributed by atoms with Gasteiger partial charge in [-0.1, -0.05) is 13.8 Å². The number of hydrogen-bond donors (Lipinski definition) is 2. The van der Waals surface area contributed by atoms with Crippen LogP contribution in [0.1, 0.15) is 47.5 Å². The monoisotopic (exact) mass is 402 g/mol. The van der Waals surface area contributed by atoms with Crippen LogP contribution in [0.25, 0.3) is 0 Å². The van der Waals surface area contributed by atoms with Crippen LogP contribution in [-0.2, 0) is 9.53 Å². The lowest BCUT2D eigenvalue weighted by Crippen LogP contribution is -2.27. The summed E-state index contributed by atoms with van der Waals surface area (Å²) in [6, 6.07) is 5.68. The summed E-state index contributed by atoms with van der Waals surface area (Å²) in [7, 11) is 0. The summed E-state index contributed by atoms with van der Waals surface area (Å²) >= 11 is 0. The third kappa shape index (κ3) is 6.15. The molecular weight excluding hydrogens is 376 g/mol. The van der Waals surface area contributed by atoms with Crippen molar-refractivity contribution < 1.29 is 24.2 Å². The second-order valence-corrected chi connectivity index (χ2v) is 6.42. The van der Waals surface area contributed by atoms with E-state index < -0.39 is 18.0 Å². The summed E-state index contributed by atoms with van der Waals surface area (Å²) in [5.41, 5.74) is 0.912. The third-order valence-electron chi connectivity index (χ3n) is 4.55. The SMILES string of the molecule is CCN(CC)CCOC(=O)c1ccc(NC(=O)C(C)n2cc(C(=O)O)cn2)cc1. The van der Waals surface area contributed by atoms with Crippen LogP contribution in [0.4, 0.5) is 5.69 Å². The third-order valence-corrected chi connectivity index (χ3v) is 4.55. The number of hydrogen-bond acceptors (Lipinski definition) is 6. The molecule has 29 heavy (non-hydrogen) atoms. The van der Waals surface area contributed by atoms with E-state index in [9.17, 15) is 14.4 Å². The van der Waals surface area contributed by atoms with Gasteiger partial charge in [-0.2, -0.15) is 5.10 Å². The molecule has 0 aliphatic heterocycles. The molecule has 1 aromatic carbocycles. The summed E-state index contributed by atoms with van der Waals surface area (Å²) in [6.07, 6.45) is 2.48. The molecule has 2 rings (SSSR count). The number of carbonyl (C=O) groups is 3. The van der Waals surface area contributed by atoms with E-state index in [-0.39, 0.29) is 11.5 Å². The molecule has 0 radical (unpaired) electrons. The van der Waals surface area contributed by atoms with Crippen LogP contribution in [0.5, 0.6) is 0 Å². The van der Waals surface area contributed by atoms with Gasteiger partial charge in [0.2, 0.25) is 5.91 Å². The predicted octanol–water partition coefficient (Wildman–Crippen LogP) is 2.28. The van der Waals surface area contributed by atoms with Gasteiger partial charge in [0.05, 0.1) is 17.3 Å². The molecule has 0 saturated heterocycles. The summed E-state index contributed by atoms with van der Waals surface area (Å²) in [4.78, 5) is 37.5. The molecule has 156 valence electrons. The minimum Gasteiger partial charge on any atom is -0.478 e. The smallest absolute Gasteiger partial charge is 0.338 e. The number of aromatic carboxylic acids is 1. The standard InChI is InChI=1S/C20H26N4O5/c1-4-23(5-2)10-11-29-20(28)15-6-8-17(9-7-15)22-18(25)14(3)24-13-16(12-21-24)19(26)27/h6-9,12-14H,4-5,10-11H2,1-3H3,(H,22,25)(H,26,27). The Labute approximate surface area is 169 Å². The Morgan fingerprint density at radius 3 is 2.38 bits per heavy atom. The van der Waals surface area contributed by atoms with Gasteiger partial charge in [0, 0.05) is 18.4 Å². The molecule has 0 aliphatic carbocycles. The van der Waals surface area contributed by atoms with Gasteiger partial charge in [0.1, 0.15) is 12.6 Å². The molecule has 0 spiro atoms. The number of aromatic nitrogens is 2. The fourth-order valence-corrected chi connectivity index (χ4v) is 2.61. The molecule has 1 amide bonds. The zero-order valence-electron chi connectivity index (χ0n) is 16.8. The van der Waals surface area contributed by atoms with Crippen molar-refractivity contribution in [1.82, 2.24) is 14.7 Å². The Hall–Kier alpha value is -3.20. The molecule has 0 fully saturated rings. The van der Waals surface area contributed by atoms with Crippen molar-refractivity contribution in [3.63, 3.8) is 0 Å². The highest BCUT2D eigenvalue weighted by molar-refractivity contribution is 5.95. The summed E-state index contributed by atoms with van der Waals surface area (Å²) in [5, 5.41) is 15.5. The van der Waals surface area contributed by atoms with E-state index in [2.05, 4.69) is 29.2 Å². The van der Waals surface area contributed by atoms with Crippen LogP contribution in [-0.4, -0.2) is 63.9 Å². The average Bonchev–Trinajstić information content (AvgIpc) is 3.21. The van der Waals surface area contributed by atoms with Crippen LogP contribution < -0.4 is 5.32 Å². The second kappa shape index (κ2) is 10.4. The van der Waals surface area contributed by atoms with Gasteiger partial charge in [-0.05, 0) is 44.3 Å². The molecule has 2 N–H and O–H groups in total. The number of rotatable bonds is 10. The van der Waals surface area contributed by atoms with Crippen molar-refractivity contribution in [2.24, 2.45) is 0 Å². The number of anilines is 1. The van der Waals surface area contributed by atoms with Gasteiger partial charge in [-0.15, -0.1) is 0 Å². The minimum absolute atomic E-state index is 0.00788. The second-order valence-electron chi connectivity index (χ2n) is 6.42. The van der Waals surface area contributed by atoms with E-state index in [1.807, 2.05) is 0 Å². The molecule has 1 aromatic heterocycles. The van der Waals surface area contributed by atoms with E-state index in [0.717, 1.165) is 13.1 Å². The molecule has 1 unspecified atom stereocenters. The molecular formula is C20H26N4O5. The molecule has 9 nitrogen and oxygen atoms in total. The Kier molecular flexibility index (Phi) is 7.90. The molecule has 0 bridgehead atoms. The lowest BCUT2D eigenvalue weighted by atomic mass is 10.2. The molecule has 0 aliphatic rings. The highest BCUT2D eigenvalue weighted by Crippen LogP contribution is 2.14. The number of esters is 1. The number of carboxylic acids is 1. The topological polar surface area (TPSA) is 114 Å². The lowest BCUT2D eigenvalue weighted by Gasteiger charge is -2.17. The highest BCUT2D eigenvalue weighted by atomic mass is 16.5. The lowest BCUT2D eigenvalue weighted by molar-refractivity contribution is -0.119. The molecule has 0 saturated carbocycles. The van der Waals surface area contributed by atoms with Crippen molar-refractivity contribution in [3.05, 3.63) is 47.8 Å². The zero-order chi connectivity index (χ0) is 21.4. The van der Waals surface area contributed by atoms with E-state index >= 15 is 0 Å². The number of nitrogens with zero attached hydrogens (tertiary/aromatic N) is 3. The van der Waals surface area contributed by atoms with Crippen LogP contribution in [0.2, 0.25) is 0 Å². The van der Waals surface area contributed by atoms with Crippen molar-refractivity contribution in [2.45, 2.75) is 26.8 Å². The van der Waals surface area contributed by atoms with Gasteiger partial charge in [-0.3, -0.25) is 9.48 Å². The summed E-state index contributed by atoms with van der Waals surface area (Å²) in [5.74, 6) is -1.89. The van der Waals surface area contributed by atoms with Gasteiger partial charge in [-0.25, -0.2) is 9.59 Å². The van der Waals surface area contributed by atoms with Gasteiger partial charge in [0.25, 0.3) is 0 Å². The van der Waals surface area contributed by atoms with E-state index in [0.29, 0.717) is 24.4 Å². The quantitative estimate of drug-likeness (QED) is 0.586. The minimum atomic E-state index is -1.11. The Balaban J connectivity index is 1.89.